The third kappa shape index (κ3) is 5.32. The Morgan fingerprint density at radius 3 is 2.54 bits per heavy atom. The second kappa shape index (κ2) is 8.74. The molecule has 1 aliphatic heterocycles. The van der Waals surface area contributed by atoms with E-state index in [1.807, 2.05) is 32.0 Å². The fourth-order valence-electron chi connectivity index (χ4n) is 2.95. The van der Waals surface area contributed by atoms with Crippen LogP contribution in [-0.2, 0) is 29.7 Å². The van der Waals surface area contributed by atoms with Crippen molar-refractivity contribution < 1.29 is 27.9 Å². The van der Waals surface area contributed by atoms with Gasteiger partial charge >= 0.3 is 12.1 Å². The van der Waals surface area contributed by atoms with Gasteiger partial charge in [-0.2, -0.15) is 24.5 Å². The second-order valence-corrected chi connectivity index (χ2v) is 7.36. The van der Waals surface area contributed by atoms with Gasteiger partial charge in [0.05, 0.1) is 23.6 Å². The average Bonchev–Trinajstić information content (AvgIpc) is 3.23. The van der Waals surface area contributed by atoms with Crippen molar-refractivity contribution in [3.63, 3.8) is 0 Å². The summed E-state index contributed by atoms with van der Waals surface area (Å²) in [4.78, 5) is 29.9. The molecule has 1 unspecified atom stereocenters. The van der Waals surface area contributed by atoms with Gasteiger partial charge in [-0.1, -0.05) is 0 Å². The number of hydrogen-bond acceptors (Lipinski definition) is 5. The van der Waals surface area contributed by atoms with E-state index in [2.05, 4.69) is 26.7 Å². The highest BCUT2D eigenvalue weighted by Crippen LogP contribution is 2.29. The molecule has 0 saturated heterocycles. The van der Waals surface area contributed by atoms with Gasteiger partial charge in [-0.05, 0) is 22.4 Å². The van der Waals surface area contributed by atoms with Gasteiger partial charge in [0.2, 0.25) is 5.91 Å². The number of alkyl halides is 3. The van der Waals surface area contributed by atoms with Crippen molar-refractivity contribution in [2.75, 3.05) is 20.6 Å². The third-order valence-corrected chi connectivity index (χ3v) is 4.91. The fraction of sp³-hybridized carbons (Fsp3) is 0.471. The van der Waals surface area contributed by atoms with E-state index >= 15 is 0 Å². The van der Waals surface area contributed by atoms with Crippen LogP contribution in [0.5, 0.6) is 0 Å². The van der Waals surface area contributed by atoms with E-state index in [1.54, 1.807) is 16.2 Å². The maximum absolute atomic E-state index is 12.5. The molecule has 0 bridgehead atoms. The molecule has 0 spiro atoms. The van der Waals surface area contributed by atoms with Crippen molar-refractivity contribution >= 4 is 23.2 Å². The molecule has 0 radical (unpaired) electrons. The Morgan fingerprint density at radius 2 is 2.04 bits per heavy atom. The number of aliphatic carboxylic acids is 1. The van der Waals surface area contributed by atoms with Crippen LogP contribution >= 0.6 is 11.3 Å². The largest absolute Gasteiger partial charge is 0.490 e. The minimum Gasteiger partial charge on any atom is -0.475 e. The van der Waals surface area contributed by atoms with Gasteiger partial charge in [-0.15, -0.1) is 0 Å². The molecular weight excluding hydrogens is 397 g/mol. The minimum absolute atomic E-state index is 0.130. The number of nitrogens with zero attached hydrogens (tertiary/aromatic N) is 4. The van der Waals surface area contributed by atoms with E-state index in [-0.39, 0.29) is 11.8 Å². The van der Waals surface area contributed by atoms with Gasteiger partial charge in [0.25, 0.3) is 0 Å². The lowest BCUT2D eigenvalue weighted by Gasteiger charge is -2.33. The van der Waals surface area contributed by atoms with E-state index in [0.29, 0.717) is 0 Å². The lowest BCUT2D eigenvalue weighted by atomic mass is 9.96. The molecule has 3 heterocycles. The zero-order valence-electron chi connectivity index (χ0n) is 15.6. The molecule has 11 heteroatoms. The minimum atomic E-state index is -5.08. The molecule has 0 fully saturated rings. The Balaban J connectivity index is 0.000000345. The Bertz CT molecular complexity index is 818. The van der Waals surface area contributed by atoms with Crippen LogP contribution in [0.2, 0.25) is 0 Å². The summed E-state index contributed by atoms with van der Waals surface area (Å²) in [5, 5.41) is 11.4. The number of aromatic nitrogens is 2. The predicted octanol–water partition coefficient (Wildman–Crippen LogP) is 2.30. The molecule has 1 amide bonds. The van der Waals surface area contributed by atoms with Gasteiger partial charge < -0.3 is 14.6 Å². The van der Waals surface area contributed by atoms with E-state index in [9.17, 15) is 18.0 Å². The number of amides is 1. The smallest absolute Gasteiger partial charge is 0.475 e. The van der Waals surface area contributed by atoms with Crippen molar-refractivity contribution in [2.45, 2.75) is 25.2 Å². The number of aryl methyl sites for hydroxylation is 1. The molecule has 7 nitrogen and oxygen atoms in total. The molecule has 0 aliphatic carbocycles. The van der Waals surface area contributed by atoms with Crippen LogP contribution in [0.1, 0.15) is 22.9 Å². The summed E-state index contributed by atoms with van der Waals surface area (Å²) in [6.45, 7) is 2.43. The van der Waals surface area contributed by atoms with Crippen LogP contribution < -0.4 is 0 Å². The van der Waals surface area contributed by atoms with Gasteiger partial charge in [0.15, 0.2) is 0 Å². The molecule has 1 N–H and O–H groups in total. The molecule has 0 aromatic carbocycles. The van der Waals surface area contributed by atoms with E-state index in [0.717, 1.165) is 31.0 Å². The van der Waals surface area contributed by atoms with Crippen LogP contribution in [0.3, 0.4) is 0 Å². The molecule has 2 aromatic rings. The number of carbonyl (C=O) groups excluding carboxylic acids is 1. The van der Waals surface area contributed by atoms with E-state index in [1.165, 1.54) is 5.56 Å². The van der Waals surface area contributed by atoms with Gasteiger partial charge in [0.1, 0.15) is 0 Å². The first-order valence-electron chi connectivity index (χ1n) is 8.25. The van der Waals surface area contributed by atoms with Crippen molar-refractivity contribution in [1.82, 2.24) is 19.4 Å². The number of carboxylic acids is 1. The molecule has 1 aliphatic rings. The van der Waals surface area contributed by atoms with Crippen molar-refractivity contribution in [3.8, 4) is 0 Å². The third-order valence-electron chi connectivity index (χ3n) is 4.17. The zero-order chi connectivity index (χ0) is 21.1. The first-order chi connectivity index (χ1) is 13.0. The van der Waals surface area contributed by atoms with Crippen molar-refractivity contribution in [2.24, 2.45) is 7.05 Å². The Labute approximate surface area is 164 Å². The summed E-state index contributed by atoms with van der Waals surface area (Å²) >= 11 is 1.71. The standard InChI is InChI=1S/C15H20N4OS.C2HF3O2/c1-17(2)15(20)12-7-19(6-11-4-5-21-9-11)8-13-14(12)18(3)10-16-13;3-2(4,5)1(6)7/h4-5,9-10,12H,6-8H2,1-3H3;(H,6,7). The number of carboxylic acid groups (broad SMARTS) is 1. The van der Waals surface area contributed by atoms with E-state index in [4.69, 9.17) is 9.90 Å². The molecule has 28 heavy (non-hydrogen) atoms. The van der Waals surface area contributed by atoms with Gasteiger partial charge in [0, 0.05) is 40.8 Å². The average molecular weight is 418 g/mol. The summed E-state index contributed by atoms with van der Waals surface area (Å²) in [7, 11) is 5.60. The normalized spacial score (nSPS) is 16.7. The summed E-state index contributed by atoms with van der Waals surface area (Å²) in [6.07, 6.45) is -3.27. The summed E-state index contributed by atoms with van der Waals surface area (Å²) in [5.74, 6) is -2.74. The van der Waals surface area contributed by atoms with Crippen molar-refractivity contribution in [3.05, 3.63) is 40.1 Å². The quantitative estimate of drug-likeness (QED) is 0.828. The monoisotopic (exact) mass is 418 g/mol. The SMILES string of the molecule is CN(C)C(=O)C1CN(Cc2ccsc2)Cc2ncn(C)c21.O=C(O)C(F)(F)F. The number of likely N-dealkylation sites (N-methyl/N-ethyl adjacent to an activating group) is 1. The van der Waals surface area contributed by atoms with Crippen LogP contribution in [0.15, 0.2) is 23.2 Å². The van der Waals surface area contributed by atoms with E-state index < -0.39 is 12.1 Å². The Morgan fingerprint density at radius 1 is 1.39 bits per heavy atom. The summed E-state index contributed by atoms with van der Waals surface area (Å²) in [5.41, 5.74) is 3.39. The summed E-state index contributed by atoms with van der Waals surface area (Å²) < 4.78 is 33.7. The number of imidazole rings is 1. The first-order valence-corrected chi connectivity index (χ1v) is 9.19. The number of rotatable bonds is 3. The number of thiophene rings is 1. The summed E-state index contributed by atoms with van der Waals surface area (Å²) in [6, 6.07) is 2.14. The Kier molecular flexibility index (Phi) is 6.83. The highest BCUT2D eigenvalue weighted by molar-refractivity contribution is 7.07. The molecule has 2 aromatic heterocycles. The van der Waals surface area contributed by atoms with Crippen LogP contribution in [0.4, 0.5) is 13.2 Å². The molecular formula is C17H21F3N4O3S. The number of fused-ring (bicyclic) bond motifs is 1. The van der Waals surface area contributed by atoms with Crippen LogP contribution in [0.25, 0.3) is 0 Å². The first kappa shape index (κ1) is 21.9. The predicted molar refractivity (Wildman–Crippen MR) is 96.8 cm³/mol. The van der Waals surface area contributed by atoms with Gasteiger partial charge in [-0.3, -0.25) is 9.69 Å². The lowest BCUT2D eigenvalue weighted by molar-refractivity contribution is -0.192. The number of hydrogen-bond donors (Lipinski definition) is 1. The molecule has 1 atom stereocenters. The number of carbonyl (C=O) groups is 2. The maximum atomic E-state index is 12.5. The highest BCUT2D eigenvalue weighted by atomic mass is 32.1. The van der Waals surface area contributed by atoms with Crippen LogP contribution in [-0.4, -0.2) is 63.2 Å². The molecule has 154 valence electrons. The van der Waals surface area contributed by atoms with Gasteiger partial charge in [-0.25, -0.2) is 9.78 Å². The number of halogens is 3. The maximum Gasteiger partial charge on any atom is 0.490 e. The van der Waals surface area contributed by atoms with Crippen molar-refractivity contribution in [1.29, 1.82) is 0 Å². The highest BCUT2D eigenvalue weighted by Gasteiger charge is 2.38. The zero-order valence-corrected chi connectivity index (χ0v) is 16.4. The lowest BCUT2D eigenvalue weighted by Crippen LogP contribution is -2.41. The fourth-order valence-corrected chi connectivity index (χ4v) is 3.61. The van der Waals surface area contributed by atoms with Crippen LogP contribution in [0, 0.1) is 0 Å². The molecule has 3 rings (SSSR count). The Hall–Kier alpha value is -2.40. The topological polar surface area (TPSA) is 78.7 Å². The second-order valence-electron chi connectivity index (χ2n) is 6.58. The molecule has 0 saturated carbocycles.